The van der Waals surface area contributed by atoms with Crippen molar-refractivity contribution in [2.75, 3.05) is 0 Å². The van der Waals surface area contributed by atoms with E-state index in [1.807, 2.05) is 36.4 Å². The van der Waals surface area contributed by atoms with Crippen molar-refractivity contribution < 1.29 is 19.5 Å². The number of hydrazine groups is 1. The molecule has 6 heteroatoms. The van der Waals surface area contributed by atoms with E-state index in [1.54, 1.807) is 6.07 Å². The number of phenols is 1. The molecule has 3 amide bonds. The fourth-order valence-corrected chi connectivity index (χ4v) is 4.58. The number of amides is 3. The number of hydrogen-bond donors (Lipinski definition) is 2. The Labute approximate surface area is 149 Å². The van der Waals surface area contributed by atoms with Gasteiger partial charge in [0.15, 0.2) is 0 Å². The monoisotopic (exact) mass is 348 g/mol. The number of fused-ring (bicyclic) bond motifs is 6. The van der Waals surface area contributed by atoms with Crippen molar-refractivity contribution >= 4 is 28.5 Å². The molecule has 2 bridgehead atoms. The van der Waals surface area contributed by atoms with Gasteiger partial charge in [-0.05, 0) is 41.2 Å². The van der Waals surface area contributed by atoms with Crippen LogP contribution < -0.4 is 5.43 Å². The average molecular weight is 348 g/mol. The van der Waals surface area contributed by atoms with Crippen molar-refractivity contribution in [3.63, 3.8) is 0 Å². The third-order valence-electron chi connectivity index (χ3n) is 5.79. The van der Waals surface area contributed by atoms with Gasteiger partial charge in [-0.2, -0.15) is 5.01 Å². The number of benzene rings is 2. The summed E-state index contributed by atoms with van der Waals surface area (Å²) in [6, 6.07) is 10.4. The van der Waals surface area contributed by atoms with Crippen LogP contribution in [0.3, 0.4) is 0 Å². The Kier molecular flexibility index (Phi) is 3.01. The van der Waals surface area contributed by atoms with Crippen LogP contribution in [-0.4, -0.2) is 27.8 Å². The van der Waals surface area contributed by atoms with Crippen LogP contribution >= 0.6 is 0 Å². The van der Waals surface area contributed by atoms with Crippen molar-refractivity contribution in [1.29, 1.82) is 0 Å². The van der Waals surface area contributed by atoms with Crippen LogP contribution in [0.1, 0.15) is 16.8 Å². The third kappa shape index (κ3) is 1.95. The zero-order chi connectivity index (χ0) is 18.0. The summed E-state index contributed by atoms with van der Waals surface area (Å²) < 4.78 is 0. The number of hydrogen-bond acceptors (Lipinski definition) is 4. The van der Waals surface area contributed by atoms with Gasteiger partial charge in [-0.15, -0.1) is 0 Å². The van der Waals surface area contributed by atoms with Gasteiger partial charge in [0, 0.05) is 0 Å². The molecule has 0 radical (unpaired) electrons. The Hall–Kier alpha value is -3.15. The average Bonchev–Trinajstić information content (AvgIpc) is 3.31. The molecule has 0 aromatic heterocycles. The number of nitrogens with zero attached hydrogens (tertiary/aromatic N) is 1. The largest absolute Gasteiger partial charge is 0.507 e. The summed E-state index contributed by atoms with van der Waals surface area (Å²) in [7, 11) is 0. The van der Waals surface area contributed by atoms with E-state index in [9.17, 15) is 19.5 Å². The molecule has 4 atom stereocenters. The van der Waals surface area contributed by atoms with Crippen LogP contribution in [0, 0.1) is 23.7 Å². The SMILES string of the molecule is O=C(NN1C(=O)[C@@H]2[C@H](C1=O)[C@@H]1C=C[C@@H]2C1)c1cc2ccccc2cc1O. The molecule has 2 aliphatic carbocycles. The Morgan fingerprint density at radius 1 is 1.00 bits per heavy atom. The van der Waals surface area contributed by atoms with E-state index >= 15 is 0 Å². The molecule has 2 aromatic rings. The Morgan fingerprint density at radius 3 is 2.19 bits per heavy atom. The molecular formula is C20H16N2O4. The van der Waals surface area contributed by atoms with E-state index in [0.29, 0.717) is 0 Å². The third-order valence-corrected chi connectivity index (χ3v) is 5.79. The predicted molar refractivity (Wildman–Crippen MR) is 92.6 cm³/mol. The normalized spacial score (nSPS) is 28.8. The van der Waals surface area contributed by atoms with E-state index in [2.05, 4.69) is 5.43 Å². The smallest absolute Gasteiger partial charge is 0.274 e. The van der Waals surface area contributed by atoms with E-state index in [1.165, 1.54) is 6.07 Å². The van der Waals surface area contributed by atoms with E-state index in [-0.39, 0.29) is 46.8 Å². The first-order valence-electron chi connectivity index (χ1n) is 8.63. The van der Waals surface area contributed by atoms with Gasteiger partial charge in [-0.1, -0.05) is 36.4 Å². The van der Waals surface area contributed by atoms with Gasteiger partial charge in [-0.25, -0.2) is 0 Å². The summed E-state index contributed by atoms with van der Waals surface area (Å²) in [5, 5.41) is 12.6. The molecule has 1 aliphatic heterocycles. The van der Waals surface area contributed by atoms with Crippen LogP contribution in [-0.2, 0) is 9.59 Å². The quantitative estimate of drug-likeness (QED) is 0.642. The minimum Gasteiger partial charge on any atom is -0.507 e. The second-order valence-electron chi connectivity index (χ2n) is 7.17. The fraction of sp³-hybridized carbons (Fsp3) is 0.250. The summed E-state index contributed by atoms with van der Waals surface area (Å²) in [4.78, 5) is 37.9. The number of rotatable bonds is 2. The molecule has 1 heterocycles. The van der Waals surface area contributed by atoms with E-state index in [0.717, 1.165) is 22.2 Å². The maximum Gasteiger partial charge on any atom is 0.274 e. The van der Waals surface area contributed by atoms with Gasteiger partial charge < -0.3 is 5.11 Å². The van der Waals surface area contributed by atoms with Gasteiger partial charge in [0.25, 0.3) is 17.7 Å². The number of phenolic OH excluding ortho intramolecular Hbond substituents is 1. The van der Waals surface area contributed by atoms with Crippen LogP contribution in [0.25, 0.3) is 10.8 Å². The highest BCUT2D eigenvalue weighted by atomic mass is 16.3. The van der Waals surface area contributed by atoms with E-state index in [4.69, 9.17) is 0 Å². The lowest BCUT2D eigenvalue weighted by Crippen LogP contribution is -2.47. The number of carbonyl (C=O) groups is 3. The number of carbonyl (C=O) groups excluding carboxylic acids is 3. The lowest BCUT2D eigenvalue weighted by Gasteiger charge is -2.18. The minimum atomic E-state index is -0.671. The summed E-state index contributed by atoms with van der Waals surface area (Å²) in [5.74, 6) is -2.16. The maximum atomic E-state index is 12.6. The molecular weight excluding hydrogens is 332 g/mol. The Morgan fingerprint density at radius 2 is 1.58 bits per heavy atom. The zero-order valence-electron chi connectivity index (χ0n) is 13.8. The summed E-state index contributed by atoms with van der Waals surface area (Å²) in [6.45, 7) is 0. The molecule has 0 unspecified atom stereocenters. The molecule has 6 nitrogen and oxygen atoms in total. The van der Waals surface area contributed by atoms with Crippen LogP contribution in [0.4, 0.5) is 0 Å². The fourth-order valence-electron chi connectivity index (χ4n) is 4.58. The van der Waals surface area contributed by atoms with Crippen LogP contribution in [0.15, 0.2) is 48.6 Å². The highest BCUT2D eigenvalue weighted by Crippen LogP contribution is 2.52. The van der Waals surface area contributed by atoms with Gasteiger partial charge in [0.2, 0.25) is 0 Å². The second-order valence-corrected chi connectivity index (χ2v) is 7.17. The predicted octanol–water partition coefficient (Wildman–Crippen LogP) is 2.00. The van der Waals surface area contributed by atoms with Crippen molar-refractivity contribution in [2.24, 2.45) is 23.7 Å². The Bertz CT molecular complexity index is 982. The minimum absolute atomic E-state index is 0.0301. The van der Waals surface area contributed by atoms with Gasteiger partial charge in [0.1, 0.15) is 5.75 Å². The molecule has 26 heavy (non-hydrogen) atoms. The molecule has 0 spiro atoms. The number of nitrogens with one attached hydrogen (secondary N) is 1. The van der Waals surface area contributed by atoms with Crippen molar-refractivity contribution in [3.8, 4) is 5.75 Å². The number of imide groups is 1. The highest BCUT2D eigenvalue weighted by molar-refractivity contribution is 6.09. The molecule has 5 rings (SSSR count). The zero-order valence-corrected chi connectivity index (χ0v) is 13.8. The van der Waals surface area contributed by atoms with Gasteiger partial charge in [-0.3, -0.25) is 19.8 Å². The molecule has 2 fully saturated rings. The molecule has 3 aliphatic rings. The standard InChI is InChI=1S/C20H16N2O4/c23-15-9-11-4-2-1-3-10(11)8-14(15)18(24)21-22-19(25)16-12-5-6-13(7-12)17(16)20(22)26/h1-6,8-9,12-13,16-17,23H,7H2,(H,21,24)/t12-,13-,16-,17+/m1/s1. The van der Waals surface area contributed by atoms with Gasteiger partial charge in [0.05, 0.1) is 17.4 Å². The Balaban J connectivity index is 1.44. The number of allylic oxidation sites excluding steroid dienone is 2. The lowest BCUT2D eigenvalue weighted by atomic mass is 9.85. The van der Waals surface area contributed by atoms with Crippen molar-refractivity contribution in [3.05, 3.63) is 54.1 Å². The first kappa shape index (κ1) is 15.1. The van der Waals surface area contributed by atoms with Crippen molar-refractivity contribution in [2.45, 2.75) is 6.42 Å². The molecule has 1 saturated carbocycles. The molecule has 130 valence electrons. The first-order valence-corrected chi connectivity index (χ1v) is 8.63. The lowest BCUT2D eigenvalue weighted by molar-refractivity contribution is -0.143. The summed E-state index contributed by atoms with van der Waals surface area (Å²) >= 11 is 0. The van der Waals surface area contributed by atoms with Crippen LogP contribution in [0.2, 0.25) is 0 Å². The maximum absolute atomic E-state index is 12.6. The highest BCUT2D eigenvalue weighted by Gasteiger charge is 2.59. The molecule has 2 N–H and O–H groups in total. The van der Waals surface area contributed by atoms with E-state index < -0.39 is 5.91 Å². The second kappa shape index (κ2) is 5.17. The molecule has 2 aromatic carbocycles. The molecule has 1 saturated heterocycles. The first-order chi connectivity index (χ1) is 12.5. The summed E-state index contributed by atoms with van der Waals surface area (Å²) in [6.07, 6.45) is 4.83. The van der Waals surface area contributed by atoms with Crippen LogP contribution in [0.5, 0.6) is 5.75 Å². The summed E-state index contributed by atoms with van der Waals surface area (Å²) in [5.41, 5.74) is 2.44. The van der Waals surface area contributed by atoms with Gasteiger partial charge >= 0.3 is 0 Å². The number of aromatic hydroxyl groups is 1. The topological polar surface area (TPSA) is 86.7 Å². The van der Waals surface area contributed by atoms with Crippen molar-refractivity contribution in [1.82, 2.24) is 10.4 Å².